The molecule has 0 radical (unpaired) electrons. The molecule has 1 spiro atoms. The number of hydrogen-bond donors (Lipinski definition) is 6. The Balaban J connectivity index is 0.000000192. The van der Waals surface area contributed by atoms with E-state index in [9.17, 15) is 24.3 Å². The number of H-pyrrole nitrogens is 3. The third kappa shape index (κ3) is 42.5. The minimum absolute atomic E-state index is 0.140. The van der Waals surface area contributed by atoms with E-state index < -0.39 is 22.7 Å². The highest BCUT2D eigenvalue weighted by Crippen LogP contribution is 2.42. The van der Waals surface area contributed by atoms with Gasteiger partial charge < -0.3 is 81.8 Å². The molecule has 0 bridgehead atoms. The van der Waals surface area contributed by atoms with E-state index in [0.29, 0.717) is 68.7 Å². The van der Waals surface area contributed by atoms with Crippen LogP contribution < -0.4 is 5.69 Å². The second-order valence-electron chi connectivity index (χ2n) is 40.7. The normalized spacial score (nSPS) is 21.4. The number of ether oxygens (including phenoxy) is 8. The van der Waals surface area contributed by atoms with Crippen molar-refractivity contribution >= 4 is 34.9 Å². The first-order valence-electron chi connectivity index (χ1n) is 49.7. The zero-order valence-corrected chi connectivity index (χ0v) is 84.8. The summed E-state index contributed by atoms with van der Waals surface area (Å²) < 4.78 is 56.8. The monoisotopic (exact) mass is 1870 g/mol. The number of benzene rings is 4. The van der Waals surface area contributed by atoms with Gasteiger partial charge in [-0.15, -0.1) is 0 Å². The summed E-state index contributed by atoms with van der Waals surface area (Å²) in [5.41, 5.74) is 13.0. The summed E-state index contributed by atoms with van der Waals surface area (Å²) in [5.74, 6) is 3.17. The highest BCUT2D eigenvalue weighted by Gasteiger charge is 2.42. The van der Waals surface area contributed by atoms with Crippen LogP contribution in [0.5, 0.6) is 0 Å². The molecule has 8 atom stereocenters. The van der Waals surface area contributed by atoms with Crippen LogP contribution in [0.4, 0.5) is 0 Å². The fraction of sp³-hybridized carbons (Fsp3) is 0.609. The van der Waals surface area contributed by atoms with Crippen molar-refractivity contribution in [3.63, 3.8) is 0 Å². The average molecular weight is 1870 g/mol. The maximum atomic E-state index is 11.6. The Bertz CT molecular complexity index is 4400. The molecule has 14 rings (SSSR count). The van der Waals surface area contributed by atoms with Crippen molar-refractivity contribution < 1.29 is 76.5 Å². The lowest BCUT2D eigenvalue weighted by atomic mass is 9.78. The van der Waals surface area contributed by atoms with Gasteiger partial charge in [-0.1, -0.05) is 193 Å². The Labute approximate surface area is 798 Å². The molecule has 736 valence electrons. The van der Waals surface area contributed by atoms with Gasteiger partial charge in [0.2, 0.25) is 0 Å². The van der Waals surface area contributed by atoms with Gasteiger partial charge in [0, 0.05) is 75.0 Å². The van der Waals surface area contributed by atoms with Gasteiger partial charge in [-0.05, 0) is 289 Å². The van der Waals surface area contributed by atoms with Gasteiger partial charge in [-0.25, -0.2) is 14.6 Å². The van der Waals surface area contributed by atoms with Gasteiger partial charge >= 0.3 is 17.6 Å². The molecule has 133 heavy (non-hydrogen) atoms. The molecule has 1 aliphatic heterocycles. The quantitative estimate of drug-likeness (QED) is 0.00701. The van der Waals surface area contributed by atoms with Crippen LogP contribution in [-0.2, 0) is 100 Å². The molecule has 2 aromatic heterocycles. The third-order valence-electron chi connectivity index (χ3n) is 28.3. The zero-order chi connectivity index (χ0) is 95.6. The Morgan fingerprint density at radius 1 is 0.481 bits per heavy atom. The Morgan fingerprint density at radius 2 is 0.887 bits per heavy atom. The van der Waals surface area contributed by atoms with Crippen LogP contribution in [0.15, 0.2) is 203 Å². The van der Waals surface area contributed by atoms with Crippen molar-refractivity contribution in [3.05, 3.63) is 242 Å². The number of aliphatic hydroxyl groups excluding tert-OH is 3. The lowest BCUT2D eigenvalue weighted by molar-refractivity contribution is -0.183. The summed E-state index contributed by atoms with van der Waals surface area (Å²) in [7, 11) is -0.468. The van der Waals surface area contributed by atoms with E-state index in [1.807, 2.05) is 72.9 Å². The second-order valence-corrected chi connectivity index (χ2v) is 50.3. The number of allylic oxidation sites excluding steroid dienone is 5. The van der Waals surface area contributed by atoms with Crippen LogP contribution in [0.3, 0.4) is 0 Å². The number of imidazole rings is 2. The van der Waals surface area contributed by atoms with E-state index >= 15 is 0 Å². The first-order chi connectivity index (χ1) is 64.1. The molecule has 1 saturated heterocycles. The summed E-state index contributed by atoms with van der Waals surface area (Å²) in [4.78, 5) is 57.1. The molecule has 8 aliphatic rings. The van der Waals surface area contributed by atoms with Crippen molar-refractivity contribution in [2.75, 3.05) is 80.3 Å². The van der Waals surface area contributed by atoms with Crippen LogP contribution in [-0.4, -0.2) is 162 Å². The van der Waals surface area contributed by atoms with Gasteiger partial charge in [0.25, 0.3) is 0 Å². The molecular formula is C110H166N4O17Si2. The number of nitrogens with one attached hydrogen (secondary N) is 3. The van der Waals surface area contributed by atoms with Crippen LogP contribution in [0, 0.1) is 47.3 Å². The number of carbonyl (C=O) groups is 3. The van der Waals surface area contributed by atoms with Crippen LogP contribution in [0.1, 0.15) is 249 Å². The number of aromatic amines is 3. The molecule has 3 fully saturated rings. The Kier molecular flexibility index (Phi) is 50.1. The SMILES string of the molecule is CC(C)(C)[Si](C)(C)OCC1=CCCC(CC=O)C1.CC(C)(C)[Si](C)(C)OCC1=CCCC(CCOCc2ccccc2)C1.COC(=O)C1=CCCC(CCOCc2ccccc2)C1.COC(=O)C1CC(CCOCc2ccccc2)CCC1O.O=c1[nH]cc(CC2CCC=C(CO)C2)[nH]1.OCC1=CCCC(Cc2cnc[nH]2)C1.c1ccc(COCCC2CCC3(CC2)OCCO3)cc1. The minimum atomic E-state index is -1.65. The number of aromatic nitrogens is 4. The number of aldehydes is 1. The van der Waals surface area contributed by atoms with Gasteiger partial charge in [0.05, 0.1) is 98.6 Å². The van der Waals surface area contributed by atoms with Gasteiger partial charge in [-0.3, -0.25) is 4.79 Å². The lowest BCUT2D eigenvalue weighted by Crippen LogP contribution is -2.41. The Morgan fingerprint density at radius 3 is 1.30 bits per heavy atom. The van der Waals surface area contributed by atoms with Crippen molar-refractivity contribution in [3.8, 4) is 0 Å². The molecule has 8 unspecified atom stereocenters. The number of hydrogen-bond acceptors (Lipinski definition) is 18. The van der Waals surface area contributed by atoms with Crippen LogP contribution >= 0.6 is 0 Å². The second kappa shape index (κ2) is 60.2. The van der Waals surface area contributed by atoms with E-state index in [2.05, 4.69) is 173 Å². The molecule has 2 saturated carbocycles. The van der Waals surface area contributed by atoms with Crippen molar-refractivity contribution in [2.24, 2.45) is 47.3 Å². The minimum Gasteiger partial charge on any atom is -0.469 e. The average Bonchev–Trinajstić information content (AvgIpc) is 1.76. The van der Waals surface area contributed by atoms with E-state index in [4.69, 9.17) is 57.0 Å². The molecule has 0 amide bonds. The summed E-state index contributed by atoms with van der Waals surface area (Å²) >= 11 is 0. The molecule has 23 heteroatoms. The molecule has 6 N–H and O–H groups in total. The number of carbonyl (C=O) groups excluding carboxylic acids is 3. The van der Waals surface area contributed by atoms with E-state index in [0.717, 1.165) is 223 Å². The zero-order valence-electron chi connectivity index (χ0n) is 82.8. The summed E-state index contributed by atoms with van der Waals surface area (Å²) in [6.45, 7) is 32.4. The maximum Gasteiger partial charge on any atom is 0.333 e. The molecular weight excluding hydrogens is 1710 g/mol. The van der Waals surface area contributed by atoms with Crippen molar-refractivity contribution in [1.29, 1.82) is 0 Å². The van der Waals surface area contributed by atoms with Gasteiger partial charge in [0.15, 0.2) is 22.4 Å². The number of esters is 2. The third-order valence-corrected chi connectivity index (χ3v) is 37.3. The highest BCUT2D eigenvalue weighted by molar-refractivity contribution is 6.74. The van der Waals surface area contributed by atoms with Crippen molar-refractivity contribution in [2.45, 2.75) is 302 Å². The van der Waals surface area contributed by atoms with Crippen LogP contribution in [0.25, 0.3) is 0 Å². The van der Waals surface area contributed by atoms with E-state index in [-0.39, 0.29) is 52.6 Å². The predicted octanol–water partition coefficient (Wildman–Crippen LogP) is 22.9. The topological polar surface area (TPSA) is 282 Å². The molecule has 7 aliphatic carbocycles. The first-order valence-corrected chi connectivity index (χ1v) is 55.5. The number of rotatable bonds is 36. The Hall–Kier alpha value is -7.60. The fourth-order valence-electron chi connectivity index (χ4n) is 17.9. The molecule has 21 nitrogen and oxygen atoms in total. The molecule has 4 aromatic carbocycles. The predicted molar refractivity (Wildman–Crippen MR) is 536 cm³/mol. The largest absolute Gasteiger partial charge is 0.469 e. The van der Waals surface area contributed by atoms with Gasteiger partial charge in [-0.2, -0.15) is 0 Å². The summed E-state index contributed by atoms with van der Waals surface area (Å²) in [5, 5.41) is 28.5. The number of aliphatic hydroxyl groups is 3. The van der Waals surface area contributed by atoms with Crippen LogP contribution in [0.2, 0.25) is 36.3 Å². The van der Waals surface area contributed by atoms with Crippen molar-refractivity contribution in [1.82, 2.24) is 19.9 Å². The molecule has 3 heterocycles. The standard InChI is InChI=1S/C22H36O2Si.C17H24O4.C17H24O3.C17H22O3.C15H28O2Si.C11H16N2O2.C11H16N2O/c1-22(2,3)25(4,5)24-18-21-13-9-12-19(16-21)14-15-23-17-20-10-7-6-8-11-20;1-20-17(19)15-11-13(7-8-16(15)18)9-10-21-12-14-5-3-2-4-6-14;1-2-4-16(5-3-1)14-18-11-8-15-6-9-17(10-7-15)19-12-13-20-17;1-19-17(18)16-9-5-8-14(12-16)10-11-20-13-15-6-3-2-4-7-15;1-15(2,3)18(4,5)17-12-14-8-6-7-13(11-14)9-10-16;14-7-9-3-1-2-8(4-9)5-10-6-12-11(15)13-10;14-7-10-3-1-2-9(4-10)5-11-6-12-8-13-11/h6-8,10-11,13,19H,9,12,14-18H2,1-5H3;2-6,13,15-16,18H,7-12H2,1H3;1-5,15H,6-14H2;2-4,6-7,9,14H,5,8,10-13H2,1H3;8,10,13H,6-7,9,11-12H2,1-5H3;3,6,8,14H,1-2,4-5,7H2,(H2,12,13,15);3,6,8-9,14H,1-2,4-5,7H2,(H,12,13). The fourth-order valence-corrected chi connectivity index (χ4v) is 19.9. The molecule has 6 aromatic rings. The number of methoxy groups -OCH3 is 2. The maximum absolute atomic E-state index is 11.6. The lowest BCUT2D eigenvalue weighted by Gasteiger charge is -2.37. The highest BCUT2D eigenvalue weighted by atomic mass is 28.4. The first kappa shape index (κ1) is 111. The summed E-state index contributed by atoms with van der Waals surface area (Å²) in [6.07, 6.45) is 47.0. The number of nitrogens with zero attached hydrogens (tertiary/aromatic N) is 1. The van der Waals surface area contributed by atoms with Gasteiger partial charge in [0.1, 0.15) is 6.29 Å². The smallest absolute Gasteiger partial charge is 0.333 e. The summed E-state index contributed by atoms with van der Waals surface area (Å²) in [6, 6.07) is 41.1. The van der Waals surface area contributed by atoms with E-state index in [1.54, 1.807) is 12.5 Å². The van der Waals surface area contributed by atoms with E-state index in [1.165, 1.54) is 97.4 Å².